The Bertz CT molecular complexity index is 1640. The van der Waals surface area contributed by atoms with E-state index in [1.165, 1.54) is 9.80 Å². The van der Waals surface area contributed by atoms with E-state index in [-0.39, 0.29) is 30.6 Å². The molecule has 0 saturated carbocycles. The molecule has 234 valence electrons. The van der Waals surface area contributed by atoms with Crippen molar-refractivity contribution in [3.63, 3.8) is 0 Å². The number of ether oxygens (including phenoxy) is 2. The van der Waals surface area contributed by atoms with Gasteiger partial charge in [-0.05, 0) is 49.7 Å². The van der Waals surface area contributed by atoms with Crippen LogP contribution in [0.5, 0.6) is 0 Å². The van der Waals surface area contributed by atoms with Gasteiger partial charge in [-0.1, -0.05) is 29.8 Å². The monoisotopic (exact) mass is 630 g/mol. The number of nitriles is 1. The van der Waals surface area contributed by atoms with Crippen molar-refractivity contribution in [2.45, 2.75) is 37.9 Å². The molecular formula is C32H35ClN8O4. The fourth-order valence-electron chi connectivity index (χ4n) is 5.05. The van der Waals surface area contributed by atoms with Crippen molar-refractivity contribution in [1.29, 1.82) is 5.26 Å². The largest absolute Gasteiger partial charge is 0.378 e. The van der Waals surface area contributed by atoms with Gasteiger partial charge in [-0.3, -0.25) is 19.9 Å². The Labute approximate surface area is 267 Å². The summed E-state index contributed by atoms with van der Waals surface area (Å²) in [6, 6.07) is 13.7. The molecule has 5 rings (SSSR count). The van der Waals surface area contributed by atoms with E-state index in [0.29, 0.717) is 65.8 Å². The third kappa shape index (κ3) is 7.08. The minimum absolute atomic E-state index is 0.00995. The van der Waals surface area contributed by atoms with E-state index in [9.17, 15) is 14.9 Å². The molecule has 2 atom stereocenters. The average molecular weight is 631 g/mol. The number of amides is 3. The molecule has 2 aliphatic rings. The summed E-state index contributed by atoms with van der Waals surface area (Å²) in [4.78, 5) is 38.9. The molecule has 2 aliphatic heterocycles. The third-order valence-electron chi connectivity index (χ3n) is 7.70. The van der Waals surface area contributed by atoms with E-state index in [1.807, 2.05) is 19.9 Å². The van der Waals surface area contributed by atoms with Gasteiger partial charge in [0.15, 0.2) is 0 Å². The molecule has 3 N–H and O–H groups in total. The van der Waals surface area contributed by atoms with Crippen molar-refractivity contribution in [2.75, 3.05) is 54.0 Å². The topological polar surface area (TPSA) is 145 Å². The Morgan fingerprint density at radius 3 is 2.84 bits per heavy atom. The number of urea groups is 1. The van der Waals surface area contributed by atoms with Crippen LogP contribution in [0.25, 0.3) is 0 Å². The minimum atomic E-state index is -0.711. The maximum atomic E-state index is 13.6. The van der Waals surface area contributed by atoms with Crippen molar-refractivity contribution in [1.82, 2.24) is 15.3 Å². The van der Waals surface area contributed by atoms with Gasteiger partial charge in [-0.15, -0.1) is 6.58 Å². The van der Waals surface area contributed by atoms with E-state index in [4.69, 9.17) is 21.1 Å². The zero-order valence-electron chi connectivity index (χ0n) is 25.3. The molecule has 0 bridgehead atoms. The normalized spacial score (nSPS) is 17.9. The van der Waals surface area contributed by atoms with Crippen LogP contribution in [0.15, 0.2) is 61.3 Å². The van der Waals surface area contributed by atoms with Crippen LogP contribution in [0.2, 0.25) is 5.02 Å². The summed E-state index contributed by atoms with van der Waals surface area (Å²) >= 11 is 6.56. The van der Waals surface area contributed by atoms with Gasteiger partial charge in [0.1, 0.15) is 5.82 Å². The molecule has 45 heavy (non-hydrogen) atoms. The number of hydrogen-bond acceptors (Lipinski definition) is 9. The van der Waals surface area contributed by atoms with E-state index in [1.54, 1.807) is 55.7 Å². The molecular weight excluding hydrogens is 596 g/mol. The zero-order valence-corrected chi connectivity index (χ0v) is 26.1. The summed E-state index contributed by atoms with van der Waals surface area (Å²) in [7, 11) is 1.63. The number of carbonyl (C=O) groups is 2. The van der Waals surface area contributed by atoms with E-state index in [2.05, 4.69) is 38.6 Å². The van der Waals surface area contributed by atoms with Crippen LogP contribution in [0.3, 0.4) is 0 Å². The first-order valence-electron chi connectivity index (χ1n) is 14.4. The highest BCUT2D eigenvalue weighted by molar-refractivity contribution is 6.34. The maximum absolute atomic E-state index is 13.6. The quantitative estimate of drug-likeness (QED) is 0.156. The first-order valence-corrected chi connectivity index (χ1v) is 14.8. The first-order chi connectivity index (χ1) is 21.6. The Morgan fingerprint density at radius 1 is 1.27 bits per heavy atom. The molecule has 1 fully saturated rings. The van der Waals surface area contributed by atoms with Gasteiger partial charge in [-0.25, -0.2) is 9.78 Å². The molecule has 12 nitrogen and oxygen atoms in total. The number of rotatable bonds is 11. The lowest BCUT2D eigenvalue weighted by Gasteiger charge is -2.34. The molecule has 1 aromatic heterocycles. The molecule has 0 spiro atoms. The highest BCUT2D eigenvalue weighted by Crippen LogP contribution is 2.35. The van der Waals surface area contributed by atoms with E-state index in [0.717, 1.165) is 5.56 Å². The van der Waals surface area contributed by atoms with Crippen LogP contribution < -0.4 is 25.8 Å². The number of halogens is 1. The molecule has 1 saturated heterocycles. The first kappa shape index (κ1) is 31.9. The molecule has 0 radical (unpaired) electrons. The third-order valence-corrected chi connectivity index (χ3v) is 8.02. The van der Waals surface area contributed by atoms with Gasteiger partial charge >= 0.3 is 6.03 Å². The molecule has 0 aliphatic carbocycles. The summed E-state index contributed by atoms with van der Waals surface area (Å²) in [6.45, 7) is 9.21. The van der Waals surface area contributed by atoms with Crippen LogP contribution in [-0.2, 0) is 21.4 Å². The number of hydrogen-bond donors (Lipinski definition) is 3. The van der Waals surface area contributed by atoms with Gasteiger partial charge in [-0.2, -0.15) is 10.2 Å². The Balaban J connectivity index is 1.31. The summed E-state index contributed by atoms with van der Waals surface area (Å²) in [5.74, 6) is 0.458. The number of anilines is 4. The number of nitrogens with zero attached hydrogens (tertiary/aromatic N) is 5. The van der Waals surface area contributed by atoms with Crippen molar-refractivity contribution >= 4 is 46.7 Å². The van der Waals surface area contributed by atoms with Crippen LogP contribution in [0.4, 0.5) is 27.9 Å². The van der Waals surface area contributed by atoms with E-state index < -0.39 is 5.41 Å². The second kappa shape index (κ2) is 13.6. The highest BCUT2D eigenvalue weighted by atomic mass is 35.5. The number of carbonyl (C=O) groups excluding carboxylic acids is 2. The second-order valence-electron chi connectivity index (χ2n) is 11.3. The number of benzene rings is 2. The minimum Gasteiger partial charge on any atom is -0.378 e. The molecule has 3 heterocycles. The fraction of sp³-hybridized carbons (Fsp3) is 0.344. The lowest BCUT2D eigenvalue weighted by Crippen LogP contribution is -2.46. The summed E-state index contributed by atoms with van der Waals surface area (Å²) in [6.07, 6.45) is 3.36. The predicted octanol–water partition coefficient (Wildman–Crippen LogP) is 4.69. The van der Waals surface area contributed by atoms with Crippen molar-refractivity contribution in [3.05, 3.63) is 83.0 Å². The standard InChI is InChI=1S/C32H35ClN8O4/c1-5-11-44-19-36-25-16-45-17-26(25)38-30-35-14-21-15-41(31(43)40(4)28(21)39-30)27-12-20(9-10-24(27)33)29(42)37-23-8-6-7-22(13-23)32(2,3)18-34/h5-10,12-14,25-26,36H,1,11,15-17,19H2,2-4H3,(H,37,42)(H,35,38,39). The predicted molar refractivity (Wildman–Crippen MR) is 173 cm³/mol. The van der Waals surface area contributed by atoms with E-state index >= 15 is 0 Å². The number of nitrogens with one attached hydrogen (secondary N) is 3. The number of fused-ring (bicyclic) bond motifs is 1. The Kier molecular flexibility index (Phi) is 9.65. The molecule has 3 aromatic rings. The summed E-state index contributed by atoms with van der Waals surface area (Å²) < 4.78 is 11.1. The van der Waals surface area contributed by atoms with Crippen LogP contribution in [0, 0.1) is 11.3 Å². The van der Waals surface area contributed by atoms with Crippen molar-refractivity contribution in [2.24, 2.45) is 0 Å². The van der Waals surface area contributed by atoms with Crippen molar-refractivity contribution in [3.8, 4) is 6.07 Å². The van der Waals surface area contributed by atoms with Crippen LogP contribution in [-0.4, -0.2) is 67.6 Å². The van der Waals surface area contributed by atoms with Gasteiger partial charge in [0, 0.05) is 30.1 Å². The fourth-order valence-corrected chi connectivity index (χ4v) is 5.27. The molecule has 3 amide bonds. The summed E-state index contributed by atoms with van der Waals surface area (Å²) in [5.41, 5.74) is 2.02. The lowest BCUT2D eigenvalue weighted by molar-refractivity contribution is 0.102. The van der Waals surface area contributed by atoms with Crippen molar-refractivity contribution < 1.29 is 19.1 Å². The van der Waals surface area contributed by atoms with Gasteiger partial charge < -0.3 is 20.1 Å². The van der Waals surface area contributed by atoms with Gasteiger partial charge in [0.2, 0.25) is 5.95 Å². The second-order valence-corrected chi connectivity index (χ2v) is 11.7. The molecule has 13 heteroatoms. The van der Waals surface area contributed by atoms with Gasteiger partial charge in [0.05, 0.1) is 67.4 Å². The SMILES string of the molecule is C=CCOCNC1COCC1Nc1ncc2c(n1)N(C)C(=O)N(c1cc(C(=O)Nc3cccc(C(C)(C)C#N)c3)ccc1Cl)C2. The lowest BCUT2D eigenvalue weighted by atomic mass is 9.86. The smallest absolute Gasteiger partial charge is 0.330 e. The van der Waals surface area contributed by atoms with Crippen LogP contribution in [0.1, 0.15) is 35.3 Å². The molecule has 2 unspecified atom stereocenters. The number of aromatic nitrogens is 2. The Hall–Kier alpha value is -4.54. The zero-order chi connectivity index (χ0) is 32.1. The average Bonchev–Trinajstić information content (AvgIpc) is 3.48. The van der Waals surface area contributed by atoms with Gasteiger partial charge in [0.25, 0.3) is 5.91 Å². The maximum Gasteiger partial charge on any atom is 0.330 e. The Morgan fingerprint density at radius 2 is 2.07 bits per heavy atom. The highest BCUT2D eigenvalue weighted by Gasteiger charge is 2.33. The van der Waals surface area contributed by atoms with Crippen LogP contribution >= 0.6 is 11.6 Å². The summed E-state index contributed by atoms with van der Waals surface area (Å²) in [5, 5.41) is 19.3. The molecule has 2 aromatic carbocycles.